The highest BCUT2D eigenvalue weighted by molar-refractivity contribution is 14.0. The predicted octanol–water partition coefficient (Wildman–Crippen LogP) is 4.45. The fourth-order valence-corrected chi connectivity index (χ4v) is 4.13. The maximum Gasteiger partial charge on any atom is 0.219 e. The van der Waals surface area contributed by atoms with Crippen molar-refractivity contribution in [3.8, 4) is 17.4 Å². The van der Waals surface area contributed by atoms with Crippen molar-refractivity contribution in [2.45, 2.75) is 31.6 Å². The lowest BCUT2D eigenvalue weighted by molar-refractivity contribution is 0.339. The highest BCUT2D eigenvalue weighted by Gasteiger charge is 2.15. The largest absolute Gasteiger partial charge is 0.494 e. The number of aromatic nitrogens is 1. The molecule has 8 heteroatoms. The Balaban J connectivity index is 0.00000300. The van der Waals surface area contributed by atoms with E-state index in [0.29, 0.717) is 24.3 Å². The third kappa shape index (κ3) is 7.93. The first kappa shape index (κ1) is 23.6. The fraction of sp³-hybridized carbons (Fsp3) is 0.429. The Morgan fingerprint density at radius 1 is 1.21 bits per heavy atom. The third-order valence-corrected chi connectivity index (χ3v) is 5.76. The summed E-state index contributed by atoms with van der Waals surface area (Å²) in [6.07, 6.45) is 4.36. The van der Waals surface area contributed by atoms with Crippen molar-refractivity contribution in [3.63, 3.8) is 0 Å². The minimum atomic E-state index is 0. The van der Waals surface area contributed by atoms with Crippen molar-refractivity contribution in [3.05, 3.63) is 48.2 Å². The SMILES string of the molecule is CCOc1ccc(Oc2cc(CNC(=NC)NCC3CCCS3)ccn2)cc1.I. The molecular formula is C21H29IN4O2S. The van der Waals surface area contributed by atoms with Gasteiger partial charge >= 0.3 is 0 Å². The molecule has 0 saturated carbocycles. The molecule has 0 radical (unpaired) electrons. The molecule has 0 spiro atoms. The van der Waals surface area contributed by atoms with E-state index in [2.05, 4.69) is 20.6 Å². The Morgan fingerprint density at radius 2 is 2.00 bits per heavy atom. The van der Waals surface area contributed by atoms with Crippen LogP contribution in [0.5, 0.6) is 17.4 Å². The summed E-state index contributed by atoms with van der Waals surface area (Å²) in [5, 5.41) is 7.45. The number of nitrogens with zero attached hydrogens (tertiary/aromatic N) is 2. The van der Waals surface area contributed by atoms with Crippen LogP contribution >= 0.6 is 35.7 Å². The van der Waals surface area contributed by atoms with Gasteiger partial charge in [-0.3, -0.25) is 4.99 Å². The summed E-state index contributed by atoms with van der Waals surface area (Å²) in [7, 11) is 1.80. The van der Waals surface area contributed by atoms with Gasteiger partial charge in [0.15, 0.2) is 5.96 Å². The number of thioether (sulfide) groups is 1. The predicted molar refractivity (Wildman–Crippen MR) is 131 cm³/mol. The molecule has 1 aliphatic heterocycles. The second kappa shape index (κ2) is 12.8. The number of guanidine groups is 1. The molecule has 3 rings (SSSR count). The van der Waals surface area contributed by atoms with Crippen LogP contribution in [0, 0.1) is 0 Å². The highest BCUT2D eigenvalue weighted by Crippen LogP contribution is 2.25. The molecule has 2 N–H and O–H groups in total. The molecule has 158 valence electrons. The molecule has 0 aliphatic carbocycles. The van der Waals surface area contributed by atoms with E-state index < -0.39 is 0 Å². The van der Waals surface area contributed by atoms with Gasteiger partial charge in [0.05, 0.1) is 6.61 Å². The Labute approximate surface area is 194 Å². The van der Waals surface area contributed by atoms with E-state index in [9.17, 15) is 0 Å². The summed E-state index contributed by atoms with van der Waals surface area (Å²) in [6.45, 7) is 4.21. The van der Waals surface area contributed by atoms with Crippen LogP contribution in [0.15, 0.2) is 47.6 Å². The van der Waals surface area contributed by atoms with Gasteiger partial charge in [-0.1, -0.05) is 0 Å². The van der Waals surface area contributed by atoms with Gasteiger partial charge < -0.3 is 20.1 Å². The van der Waals surface area contributed by atoms with Gasteiger partial charge in [0.1, 0.15) is 11.5 Å². The summed E-state index contributed by atoms with van der Waals surface area (Å²) in [4.78, 5) is 8.60. The smallest absolute Gasteiger partial charge is 0.219 e. The normalized spacial score (nSPS) is 16.1. The quantitative estimate of drug-likeness (QED) is 0.300. The van der Waals surface area contributed by atoms with Crippen LogP contribution in [0.4, 0.5) is 0 Å². The number of halogens is 1. The van der Waals surface area contributed by atoms with Crippen LogP contribution in [0.3, 0.4) is 0 Å². The molecule has 2 aromatic rings. The molecule has 1 aromatic carbocycles. The van der Waals surface area contributed by atoms with Gasteiger partial charge in [0.2, 0.25) is 5.88 Å². The van der Waals surface area contributed by atoms with Crippen molar-refractivity contribution in [2.75, 3.05) is 26.0 Å². The zero-order valence-corrected chi connectivity index (χ0v) is 20.0. The maximum absolute atomic E-state index is 5.86. The van der Waals surface area contributed by atoms with E-state index in [1.165, 1.54) is 18.6 Å². The zero-order valence-electron chi connectivity index (χ0n) is 16.9. The summed E-state index contributed by atoms with van der Waals surface area (Å²) in [6, 6.07) is 11.4. The molecule has 1 saturated heterocycles. The van der Waals surface area contributed by atoms with Crippen LogP contribution in [-0.2, 0) is 6.54 Å². The number of aliphatic imine (C=N–C) groups is 1. The number of nitrogens with one attached hydrogen (secondary N) is 2. The molecule has 1 aliphatic rings. The lowest BCUT2D eigenvalue weighted by atomic mass is 10.2. The number of hydrogen-bond donors (Lipinski definition) is 2. The van der Waals surface area contributed by atoms with E-state index in [1.54, 1.807) is 13.2 Å². The van der Waals surface area contributed by atoms with E-state index >= 15 is 0 Å². The van der Waals surface area contributed by atoms with Crippen LogP contribution in [0.2, 0.25) is 0 Å². The number of pyridine rings is 1. The molecule has 1 aromatic heterocycles. The summed E-state index contributed by atoms with van der Waals surface area (Å²) >= 11 is 2.04. The van der Waals surface area contributed by atoms with Crippen LogP contribution in [0.25, 0.3) is 0 Å². The zero-order chi connectivity index (χ0) is 19.6. The Bertz CT molecular complexity index is 768. The van der Waals surface area contributed by atoms with Crippen molar-refractivity contribution in [1.29, 1.82) is 0 Å². The molecule has 29 heavy (non-hydrogen) atoms. The van der Waals surface area contributed by atoms with E-state index in [1.807, 2.05) is 55.1 Å². The van der Waals surface area contributed by atoms with Crippen molar-refractivity contribution < 1.29 is 9.47 Å². The van der Waals surface area contributed by atoms with Crippen LogP contribution in [0.1, 0.15) is 25.3 Å². The van der Waals surface area contributed by atoms with Crippen LogP contribution in [-0.4, -0.2) is 42.1 Å². The third-order valence-electron chi connectivity index (χ3n) is 4.36. The monoisotopic (exact) mass is 528 g/mol. The fourth-order valence-electron chi connectivity index (χ4n) is 2.93. The van der Waals surface area contributed by atoms with Gasteiger partial charge in [-0.15, -0.1) is 24.0 Å². The molecular weight excluding hydrogens is 499 g/mol. The average molecular weight is 528 g/mol. The number of rotatable bonds is 8. The molecule has 1 fully saturated rings. The lowest BCUT2D eigenvalue weighted by Gasteiger charge is -2.15. The number of benzene rings is 1. The lowest BCUT2D eigenvalue weighted by Crippen LogP contribution is -2.39. The second-order valence-electron chi connectivity index (χ2n) is 6.45. The molecule has 1 atom stereocenters. The molecule has 0 bridgehead atoms. The standard InChI is InChI=1S/C21H28N4O2S.HI/c1-3-26-17-6-8-18(9-7-17)27-20-13-16(10-11-23-20)14-24-21(22-2)25-15-19-5-4-12-28-19;/h6-11,13,19H,3-5,12,14-15H2,1-2H3,(H2,22,24,25);1H. The Morgan fingerprint density at radius 3 is 2.69 bits per heavy atom. The molecule has 1 unspecified atom stereocenters. The summed E-state index contributed by atoms with van der Waals surface area (Å²) in [5.41, 5.74) is 1.08. The van der Waals surface area contributed by atoms with Crippen molar-refractivity contribution in [2.24, 2.45) is 4.99 Å². The second-order valence-corrected chi connectivity index (χ2v) is 7.86. The molecule has 6 nitrogen and oxygen atoms in total. The number of hydrogen-bond acceptors (Lipinski definition) is 5. The van der Waals surface area contributed by atoms with Gasteiger partial charge in [0.25, 0.3) is 0 Å². The topological polar surface area (TPSA) is 67.8 Å². The van der Waals surface area contributed by atoms with Gasteiger partial charge in [-0.25, -0.2) is 4.98 Å². The minimum Gasteiger partial charge on any atom is -0.494 e. The van der Waals surface area contributed by atoms with Crippen molar-refractivity contribution >= 4 is 41.7 Å². The van der Waals surface area contributed by atoms with E-state index in [4.69, 9.17) is 9.47 Å². The average Bonchev–Trinajstić information content (AvgIpc) is 3.24. The summed E-state index contributed by atoms with van der Waals surface area (Å²) < 4.78 is 11.3. The van der Waals surface area contributed by atoms with Crippen molar-refractivity contribution in [1.82, 2.24) is 15.6 Å². The molecule has 2 heterocycles. The first-order valence-electron chi connectivity index (χ1n) is 9.68. The van der Waals surface area contributed by atoms with Gasteiger partial charge in [-0.2, -0.15) is 11.8 Å². The first-order valence-corrected chi connectivity index (χ1v) is 10.7. The minimum absolute atomic E-state index is 0. The maximum atomic E-state index is 5.86. The highest BCUT2D eigenvalue weighted by atomic mass is 127. The van der Waals surface area contributed by atoms with E-state index in [-0.39, 0.29) is 24.0 Å². The van der Waals surface area contributed by atoms with Crippen LogP contribution < -0.4 is 20.1 Å². The summed E-state index contributed by atoms with van der Waals surface area (Å²) in [5.74, 6) is 4.21. The first-order chi connectivity index (χ1) is 13.8. The van der Waals surface area contributed by atoms with E-state index in [0.717, 1.165) is 29.6 Å². The Kier molecular flexibility index (Phi) is 10.4. The Hall–Kier alpha value is -1.68. The molecule has 0 amide bonds. The number of ether oxygens (including phenoxy) is 2. The van der Waals surface area contributed by atoms with Gasteiger partial charge in [0, 0.05) is 37.7 Å². The van der Waals surface area contributed by atoms with Gasteiger partial charge in [-0.05, 0) is 61.4 Å².